The van der Waals surface area contributed by atoms with Crippen molar-refractivity contribution in [3.05, 3.63) is 35.7 Å². The molecule has 2 aliphatic carbocycles. The molecule has 2 fully saturated rings. The number of methoxy groups -OCH3 is 1. The van der Waals surface area contributed by atoms with Gasteiger partial charge >= 0.3 is 0 Å². The van der Waals surface area contributed by atoms with Crippen molar-refractivity contribution in [2.75, 3.05) is 7.11 Å². The Morgan fingerprint density at radius 2 is 1.93 bits per heavy atom. The van der Waals surface area contributed by atoms with E-state index in [4.69, 9.17) is 9.72 Å². The van der Waals surface area contributed by atoms with Crippen LogP contribution in [0.4, 0.5) is 0 Å². The minimum atomic E-state index is -0.0369. The lowest BCUT2D eigenvalue weighted by molar-refractivity contribution is 0.0922. The number of ether oxygens (including phenoxy) is 1. The zero-order chi connectivity index (χ0) is 18.8. The molecule has 0 atom stereocenters. The molecule has 1 amide bonds. The van der Waals surface area contributed by atoms with Gasteiger partial charge in [0.15, 0.2) is 0 Å². The Balaban J connectivity index is 1.68. The zero-order valence-electron chi connectivity index (χ0n) is 16.3. The topological polar surface area (TPSA) is 56.1 Å². The van der Waals surface area contributed by atoms with Gasteiger partial charge in [-0.15, -0.1) is 0 Å². The lowest BCUT2D eigenvalue weighted by Crippen LogP contribution is -2.36. The molecular weight excluding hydrogens is 338 g/mol. The number of imidazole rings is 1. The molecule has 27 heavy (non-hydrogen) atoms. The molecule has 1 N–H and O–H groups in total. The molecule has 1 heterocycles. The number of hydrogen-bond acceptors (Lipinski definition) is 3. The van der Waals surface area contributed by atoms with E-state index < -0.39 is 0 Å². The summed E-state index contributed by atoms with van der Waals surface area (Å²) in [5.41, 5.74) is 2.46. The highest BCUT2D eigenvalue weighted by molar-refractivity contribution is 5.94. The Morgan fingerprint density at radius 3 is 2.63 bits per heavy atom. The molecule has 2 aromatic rings. The molecule has 0 saturated heterocycles. The number of amides is 1. The van der Waals surface area contributed by atoms with Gasteiger partial charge in [0.2, 0.25) is 0 Å². The number of para-hydroxylation sites is 1. The minimum absolute atomic E-state index is 0.0369. The standard InChI is InChI=1S/C22H29N3O2/c1-15-20(22(26)23-17-8-4-3-5-9-17)24-21(25(15)14-16-12-13-16)18-10-6-7-11-19(18)27-2/h6-7,10-11,16-17H,3-5,8-9,12-14H2,1-2H3,(H,23,26). The number of nitrogens with one attached hydrogen (secondary N) is 1. The fraction of sp³-hybridized carbons (Fsp3) is 0.545. The molecule has 1 aromatic heterocycles. The van der Waals surface area contributed by atoms with Gasteiger partial charge in [-0.2, -0.15) is 0 Å². The molecule has 1 aromatic carbocycles. The predicted molar refractivity (Wildman–Crippen MR) is 106 cm³/mol. The van der Waals surface area contributed by atoms with Crippen molar-refractivity contribution in [2.24, 2.45) is 5.92 Å². The molecule has 0 spiro atoms. The van der Waals surface area contributed by atoms with Gasteiger partial charge in [0.05, 0.1) is 12.7 Å². The number of rotatable bonds is 6. The Hall–Kier alpha value is -2.30. The van der Waals surface area contributed by atoms with Gasteiger partial charge < -0.3 is 14.6 Å². The van der Waals surface area contributed by atoms with Crippen molar-refractivity contribution in [1.82, 2.24) is 14.9 Å². The van der Waals surface area contributed by atoms with E-state index in [1.807, 2.05) is 31.2 Å². The van der Waals surface area contributed by atoms with Crippen LogP contribution in [0.25, 0.3) is 11.4 Å². The summed E-state index contributed by atoms with van der Waals surface area (Å²) in [5.74, 6) is 2.29. The van der Waals surface area contributed by atoms with Gasteiger partial charge in [-0.1, -0.05) is 31.4 Å². The van der Waals surface area contributed by atoms with E-state index in [1.165, 1.54) is 32.1 Å². The van der Waals surface area contributed by atoms with Gasteiger partial charge in [-0.25, -0.2) is 4.98 Å². The summed E-state index contributed by atoms with van der Waals surface area (Å²) in [6.45, 7) is 2.94. The zero-order valence-corrected chi connectivity index (χ0v) is 16.3. The number of benzene rings is 1. The lowest BCUT2D eigenvalue weighted by atomic mass is 9.95. The number of carbonyl (C=O) groups is 1. The van der Waals surface area contributed by atoms with Gasteiger partial charge in [-0.05, 0) is 50.7 Å². The SMILES string of the molecule is COc1ccccc1-c1nc(C(=O)NC2CCCCC2)c(C)n1CC1CC1. The van der Waals surface area contributed by atoms with E-state index in [-0.39, 0.29) is 11.9 Å². The predicted octanol–water partition coefficient (Wildman–Crippen LogP) is 4.34. The second-order valence-corrected chi connectivity index (χ2v) is 7.93. The molecule has 0 aliphatic heterocycles. The van der Waals surface area contributed by atoms with E-state index in [0.717, 1.165) is 42.2 Å². The van der Waals surface area contributed by atoms with Crippen LogP contribution in [0.15, 0.2) is 24.3 Å². The maximum atomic E-state index is 13.0. The maximum Gasteiger partial charge on any atom is 0.271 e. The summed E-state index contributed by atoms with van der Waals surface area (Å²) >= 11 is 0. The second kappa shape index (κ2) is 7.75. The first kappa shape index (κ1) is 18.1. The monoisotopic (exact) mass is 367 g/mol. The number of hydrogen-bond donors (Lipinski definition) is 1. The van der Waals surface area contributed by atoms with Crippen molar-refractivity contribution in [3.8, 4) is 17.1 Å². The highest BCUT2D eigenvalue weighted by Gasteiger charge is 2.28. The van der Waals surface area contributed by atoms with Crippen LogP contribution >= 0.6 is 0 Å². The van der Waals surface area contributed by atoms with Gasteiger partial charge in [0.1, 0.15) is 17.3 Å². The van der Waals surface area contributed by atoms with Crippen molar-refractivity contribution in [3.63, 3.8) is 0 Å². The van der Waals surface area contributed by atoms with E-state index in [9.17, 15) is 4.79 Å². The van der Waals surface area contributed by atoms with Crippen LogP contribution in [-0.2, 0) is 6.54 Å². The van der Waals surface area contributed by atoms with Gasteiger partial charge in [0, 0.05) is 18.3 Å². The third-order valence-electron chi connectivity index (χ3n) is 5.86. The van der Waals surface area contributed by atoms with Gasteiger partial charge in [0.25, 0.3) is 5.91 Å². The molecular formula is C22H29N3O2. The fourth-order valence-corrected chi connectivity index (χ4v) is 4.07. The third kappa shape index (κ3) is 3.87. The number of aromatic nitrogens is 2. The summed E-state index contributed by atoms with van der Waals surface area (Å²) < 4.78 is 7.77. The van der Waals surface area contributed by atoms with Crippen LogP contribution in [-0.4, -0.2) is 28.6 Å². The number of nitrogens with zero attached hydrogens (tertiary/aromatic N) is 2. The van der Waals surface area contributed by atoms with E-state index in [2.05, 4.69) is 9.88 Å². The van der Waals surface area contributed by atoms with Crippen LogP contribution in [0.2, 0.25) is 0 Å². The molecule has 2 aliphatic rings. The van der Waals surface area contributed by atoms with Crippen LogP contribution in [0, 0.1) is 12.8 Å². The summed E-state index contributed by atoms with van der Waals surface area (Å²) in [6.07, 6.45) is 8.34. The van der Waals surface area contributed by atoms with Crippen molar-refractivity contribution in [1.29, 1.82) is 0 Å². The quantitative estimate of drug-likeness (QED) is 0.826. The fourth-order valence-electron chi connectivity index (χ4n) is 4.07. The molecule has 0 radical (unpaired) electrons. The van der Waals surface area contributed by atoms with Crippen LogP contribution in [0.3, 0.4) is 0 Å². The Kier molecular flexibility index (Phi) is 5.19. The molecule has 5 heteroatoms. The largest absolute Gasteiger partial charge is 0.496 e. The molecule has 5 nitrogen and oxygen atoms in total. The Labute approximate surface area is 161 Å². The van der Waals surface area contributed by atoms with Crippen LogP contribution in [0.1, 0.15) is 61.1 Å². The summed E-state index contributed by atoms with van der Waals surface area (Å²) in [6, 6.07) is 8.20. The normalized spacial score (nSPS) is 17.7. The average molecular weight is 367 g/mol. The Bertz CT molecular complexity index is 817. The van der Waals surface area contributed by atoms with Gasteiger partial charge in [-0.3, -0.25) is 4.79 Å². The first-order valence-corrected chi connectivity index (χ1v) is 10.2. The van der Waals surface area contributed by atoms with Crippen molar-refractivity contribution >= 4 is 5.91 Å². The molecule has 0 bridgehead atoms. The molecule has 2 saturated carbocycles. The van der Waals surface area contributed by atoms with E-state index >= 15 is 0 Å². The minimum Gasteiger partial charge on any atom is -0.496 e. The molecule has 4 rings (SSSR count). The second-order valence-electron chi connectivity index (χ2n) is 7.93. The maximum absolute atomic E-state index is 13.0. The Morgan fingerprint density at radius 1 is 1.19 bits per heavy atom. The lowest BCUT2D eigenvalue weighted by Gasteiger charge is -2.22. The van der Waals surface area contributed by atoms with Crippen molar-refractivity contribution < 1.29 is 9.53 Å². The van der Waals surface area contributed by atoms with E-state index in [0.29, 0.717) is 11.6 Å². The molecule has 144 valence electrons. The number of carbonyl (C=O) groups excluding carboxylic acids is 1. The first-order valence-electron chi connectivity index (χ1n) is 10.2. The highest BCUT2D eigenvalue weighted by atomic mass is 16.5. The smallest absolute Gasteiger partial charge is 0.271 e. The third-order valence-corrected chi connectivity index (χ3v) is 5.86. The highest BCUT2D eigenvalue weighted by Crippen LogP contribution is 2.36. The summed E-state index contributed by atoms with van der Waals surface area (Å²) in [5, 5.41) is 3.22. The van der Waals surface area contributed by atoms with Crippen LogP contribution < -0.4 is 10.1 Å². The molecule has 0 unspecified atom stereocenters. The first-order chi connectivity index (χ1) is 13.2. The van der Waals surface area contributed by atoms with Crippen LogP contribution in [0.5, 0.6) is 5.75 Å². The van der Waals surface area contributed by atoms with Crippen molar-refractivity contribution in [2.45, 2.75) is 64.5 Å². The van der Waals surface area contributed by atoms with E-state index in [1.54, 1.807) is 7.11 Å². The summed E-state index contributed by atoms with van der Waals surface area (Å²) in [4.78, 5) is 17.8. The average Bonchev–Trinajstić information content (AvgIpc) is 3.46. The summed E-state index contributed by atoms with van der Waals surface area (Å²) in [7, 11) is 1.68.